The van der Waals surface area contributed by atoms with Crippen LogP contribution in [0.2, 0.25) is 0 Å². The van der Waals surface area contributed by atoms with Crippen LogP contribution in [-0.4, -0.2) is 79.8 Å². The number of hydrogen-bond donors (Lipinski definition) is 1. The number of carboxylic acid groups (broad SMARTS) is 1. The van der Waals surface area contributed by atoms with Gasteiger partial charge in [0.05, 0.1) is 24.5 Å². The average molecular weight is 392 g/mol. The number of carbonyl (C=O) groups is 2. The largest absolute Gasteiger partial charge is 0.480 e. The first kappa shape index (κ1) is 20.2. The van der Waals surface area contributed by atoms with Crippen molar-refractivity contribution in [1.82, 2.24) is 9.21 Å². The Labute approximate surface area is 149 Å². The molecule has 0 saturated carbocycles. The first-order valence-corrected chi connectivity index (χ1v) is 9.45. The van der Waals surface area contributed by atoms with Gasteiger partial charge in [-0.25, -0.2) is 17.2 Å². The molecule has 2 rings (SSSR count). The molecule has 1 aliphatic heterocycles. The summed E-state index contributed by atoms with van der Waals surface area (Å²) in [4.78, 5) is 24.5. The highest BCUT2D eigenvalue weighted by Crippen LogP contribution is 2.16. The van der Waals surface area contributed by atoms with Crippen molar-refractivity contribution in [2.75, 3.05) is 39.0 Å². The summed E-state index contributed by atoms with van der Waals surface area (Å²) >= 11 is 0. The first-order chi connectivity index (χ1) is 12.1. The fraction of sp³-hybridized carbons (Fsp3) is 0.467. The quantitative estimate of drug-likeness (QED) is 0.739. The number of morpholine rings is 1. The van der Waals surface area contributed by atoms with E-state index in [0.29, 0.717) is 6.07 Å². The SMILES string of the molecule is CS(=O)(=O)N(CC(=O)O)CC1CN(C(=O)c2ccc(F)cc2F)CCO1. The van der Waals surface area contributed by atoms with Gasteiger partial charge in [0, 0.05) is 25.7 Å². The number of amides is 1. The molecule has 1 N–H and O–H groups in total. The molecule has 1 atom stereocenters. The molecule has 1 aromatic rings. The lowest BCUT2D eigenvalue weighted by Crippen LogP contribution is -2.51. The molecule has 1 unspecified atom stereocenters. The van der Waals surface area contributed by atoms with Crippen molar-refractivity contribution >= 4 is 21.9 Å². The predicted molar refractivity (Wildman–Crippen MR) is 86.1 cm³/mol. The van der Waals surface area contributed by atoms with Crippen molar-refractivity contribution in [3.8, 4) is 0 Å². The van der Waals surface area contributed by atoms with Crippen LogP contribution >= 0.6 is 0 Å². The highest BCUT2D eigenvalue weighted by molar-refractivity contribution is 7.88. The summed E-state index contributed by atoms with van der Waals surface area (Å²) in [7, 11) is -3.79. The monoisotopic (exact) mass is 392 g/mol. The maximum atomic E-state index is 13.8. The third kappa shape index (κ3) is 5.19. The Morgan fingerprint density at radius 1 is 1.38 bits per heavy atom. The number of benzene rings is 1. The summed E-state index contributed by atoms with van der Waals surface area (Å²) in [6, 6.07) is 2.60. The van der Waals surface area contributed by atoms with Gasteiger partial charge < -0.3 is 14.7 Å². The molecule has 1 fully saturated rings. The molecule has 0 bridgehead atoms. The standard InChI is InChI=1S/C15H18F2N2O6S/c1-26(23,24)19(9-14(20)21)8-11-7-18(4-5-25-11)15(22)12-3-2-10(16)6-13(12)17/h2-3,6,11H,4-5,7-9H2,1H3,(H,20,21). The van der Waals surface area contributed by atoms with Crippen LogP contribution in [0.5, 0.6) is 0 Å². The van der Waals surface area contributed by atoms with Crippen LogP contribution in [0.25, 0.3) is 0 Å². The molecular formula is C15H18F2N2O6S. The number of carboxylic acids is 1. The summed E-state index contributed by atoms with van der Waals surface area (Å²) in [5.41, 5.74) is -0.308. The Balaban J connectivity index is 2.10. The van der Waals surface area contributed by atoms with Gasteiger partial charge in [-0.1, -0.05) is 0 Å². The molecule has 1 aliphatic rings. The summed E-state index contributed by atoms with van der Waals surface area (Å²) in [5.74, 6) is -3.81. The van der Waals surface area contributed by atoms with Gasteiger partial charge in [0.15, 0.2) is 0 Å². The summed E-state index contributed by atoms with van der Waals surface area (Å²) < 4.78 is 56.3. The Kier molecular flexibility index (Phi) is 6.26. The number of ether oxygens (including phenoxy) is 1. The number of nitrogens with zero attached hydrogens (tertiary/aromatic N) is 2. The number of aliphatic carboxylic acids is 1. The second-order valence-corrected chi connectivity index (χ2v) is 7.80. The molecule has 1 amide bonds. The average Bonchev–Trinajstić information content (AvgIpc) is 2.53. The van der Waals surface area contributed by atoms with Crippen molar-refractivity contribution in [2.24, 2.45) is 0 Å². The summed E-state index contributed by atoms with van der Waals surface area (Å²) in [5, 5.41) is 8.83. The highest BCUT2D eigenvalue weighted by atomic mass is 32.2. The number of hydrogen-bond acceptors (Lipinski definition) is 5. The van der Waals surface area contributed by atoms with E-state index in [0.717, 1.165) is 22.7 Å². The van der Waals surface area contributed by atoms with Crippen molar-refractivity contribution in [3.63, 3.8) is 0 Å². The van der Waals surface area contributed by atoms with E-state index in [9.17, 15) is 26.8 Å². The van der Waals surface area contributed by atoms with E-state index in [-0.39, 0.29) is 31.8 Å². The Bertz CT molecular complexity index is 801. The molecule has 1 saturated heterocycles. The lowest BCUT2D eigenvalue weighted by atomic mass is 10.1. The van der Waals surface area contributed by atoms with Crippen molar-refractivity contribution < 1.29 is 36.6 Å². The maximum Gasteiger partial charge on any atom is 0.318 e. The minimum absolute atomic E-state index is 0.0543. The third-order valence-electron chi connectivity index (χ3n) is 3.78. The van der Waals surface area contributed by atoms with E-state index in [1.807, 2.05) is 0 Å². The van der Waals surface area contributed by atoms with Crippen LogP contribution in [-0.2, 0) is 19.6 Å². The van der Waals surface area contributed by atoms with Crippen LogP contribution in [0.15, 0.2) is 18.2 Å². The zero-order valence-electron chi connectivity index (χ0n) is 13.9. The second kappa shape index (κ2) is 8.06. The highest BCUT2D eigenvalue weighted by Gasteiger charge is 2.30. The van der Waals surface area contributed by atoms with Gasteiger partial charge in [-0.05, 0) is 12.1 Å². The molecular weight excluding hydrogens is 374 g/mol. The zero-order chi connectivity index (χ0) is 19.5. The second-order valence-electron chi connectivity index (χ2n) is 5.82. The Morgan fingerprint density at radius 3 is 2.65 bits per heavy atom. The van der Waals surface area contributed by atoms with Crippen LogP contribution in [0, 0.1) is 11.6 Å². The van der Waals surface area contributed by atoms with Gasteiger partial charge in [0.25, 0.3) is 5.91 Å². The van der Waals surface area contributed by atoms with E-state index in [2.05, 4.69) is 0 Å². The molecule has 0 aliphatic carbocycles. The molecule has 11 heteroatoms. The first-order valence-electron chi connectivity index (χ1n) is 7.60. The molecule has 1 aromatic carbocycles. The van der Waals surface area contributed by atoms with Crippen LogP contribution in [0.1, 0.15) is 10.4 Å². The zero-order valence-corrected chi connectivity index (χ0v) is 14.7. The molecule has 26 heavy (non-hydrogen) atoms. The third-order valence-corrected chi connectivity index (χ3v) is 4.99. The Hall–Kier alpha value is -2.11. The van der Waals surface area contributed by atoms with Crippen molar-refractivity contribution in [1.29, 1.82) is 0 Å². The fourth-order valence-electron chi connectivity index (χ4n) is 2.54. The van der Waals surface area contributed by atoms with Gasteiger partial charge in [0.1, 0.15) is 18.2 Å². The molecule has 1 heterocycles. The molecule has 0 aromatic heterocycles. The van der Waals surface area contributed by atoms with E-state index in [4.69, 9.17) is 9.84 Å². The molecule has 0 spiro atoms. The van der Waals surface area contributed by atoms with Crippen molar-refractivity contribution in [3.05, 3.63) is 35.4 Å². The van der Waals surface area contributed by atoms with Gasteiger partial charge in [0.2, 0.25) is 10.0 Å². The summed E-state index contributed by atoms with van der Waals surface area (Å²) in [6.45, 7) is -0.838. The number of rotatable bonds is 6. The van der Waals surface area contributed by atoms with E-state index in [1.165, 1.54) is 4.90 Å². The normalized spacial score (nSPS) is 18.2. The minimum Gasteiger partial charge on any atom is -0.480 e. The molecule has 8 nitrogen and oxygen atoms in total. The van der Waals surface area contributed by atoms with Gasteiger partial charge in [-0.3, -0.25) is 9.59 Å². The maximum absolute atomic E-state index is 13.8. The fourth-order valence-corrected chi connectivity index (χ4v) is 3.32. The smallest absolute Gasteiger partial charge is 0.318 e. The van der Waals surface area contributed by atoms with Gasteiger partial charge in [-0.2, -0.15) is 4.31 Å². The van der Waals surface area contributed by atoms with Crippen LogP contribution in [0.3, 0.4) is 0 Å². The van der Waals surface area contributed by atoms with E-state index >= 15 is 0 Å². The number of sulfonamides is 1. The molecule has 144 valence electrons. The number of carbonyl (C=O) groups excluding carboxylic acids is 1. The van der Waals surface area contributed by atoms with E-state index in [1.54, 1.807) is 0 Å². The predicted octanol–water partition coefficient (Wildman–Crippen LogP) is 0.152. The van der Waals surface area contributed by atoms with Gasteiger partial charge in [-0.15, -0.1) is 0 Å². The van der Waals surface area contributed by atoms with Crippen LogP contribution in [0.4, 0.5) is 8.78 Å². The molecule has 0 radical (unpaired) electrons. The van der Waals surface area contributed by atoms with Crippen LogP contribution < -0.4 is 0 Å². The van der Waals surface area contributed by atoms with Crippen molar-refractivity contribution in [2.45, 2.75) is 6.10 Å². The Morgan fingerprint density at radius 2 is 2.08 bits per heavy atom. The number of halogens is 2. The lowest BCUT2D eigenvalue weighted by Gasteiger charge is -2.35. The topological polar surface area (TPSA) is 104 Å². The minimum atomic E-state index is -3.79. The lowest BCUT2D eigenvalue weighted by molar-refractivity contribution is -0.137. The summed E-state index contributed by atoms with van der Waals surface area (Å²) in [6.07, 6.45) is 0.0977. The van der Waals surface area contributed by atoms with E-state index < -0.39 is 46.2 Å². The van der Waals surface area contributed by atoms with Gasteiger partial charge >= 0.3 is 5.97 Å².